The third-order valence-electron chi connectivity index (χ3n) is 10.6. The first-order chi connectivity index (χ1) is 22.7. The Morgan fingerprint density at radius 1 is 0.857 bits per heavy atom. The van der Waals surface area contributed by atoms with Crippen molar-refractivity contribution in [2.24, 2.45) is 10.8 Å². The zero-order valence-electron chi connectivity index (χ0n) is 30.5. The van der Waals surface area contributed by atoms with E-state index < -0.39 is 0 Å². The summed E-state index contributed by atoms with van der Waals surface area (Å²) in [7, 11) is 0. The van der Waals surface area contributed by atoms with Crippen LogP contribution in [0, 0.1) is 23.8 Å². The summed E-state index contributed by atoms with van der Waals surface area (Å²) < 4.78 is 3.72. The molecule has 0 saturated carbocycles. The first kappa shape index (κ1) is 38.8. The van der Waals surface area contributed by atoms with Crippen molar-refractivity contribution >= 4 is 69.6 Å². The van der Waals surface area contributed by atoms with Crippen molar-refractivity contribution in [2.45, 2.75) is 100 Å². The molecule has 49 heavy (non-hydrogen) atoms. The Kier molecular flexibility index (Phi) is 12.0. The van der Waals surface area contributed by atoms with Crippen molar-refractivity contribution < 1.29 is 30.0 Å². The Bertz CT molecular complexity index is 2140. The molecule has 0 spiro atoms. The number of allylic oxidation sites excluding steroid dienone is 2. The topological polar surface area (TPSA) is 63.1 Å². The standard InChI is InChI=1S/C27H21N2S2.C15H28O2.Ir/c1-15-13-30-22-12-20-23(11-19(15)22)31-26-24(28-14-29-25(20)26)17-9-16-7-5-6-8-18(16)21(10-17)27(2,3)4;1-7-14(5,8-2)12(16)11-13(17)15(6,9-3)10-4;/h5-8,10-14H,1-4H3;11,16H,7-10H2,1-6H3;/q-1;;/b;12-11-;. The predicted molar refractivity (Wildman–Crippen MR) is 209 cm³/mol. The molecule has 0 unspecified atom stereocenters. The second kappa shape index (κ2) is 15.1. The fourth-order valence-corrected chi connectivity index (χ4v) is 8.22. The minimum atomic E-state index is -0.337. The number of aromatic nitrogens is 2. The zero-order chi connectivity index (χ0) is 35.0. The molecule has 3 aromatic heterocycles. The monoisotopic (exact) mass is 870 g/mol. The number of aryl methyl sites for hydroxylation is 1. The van der Waals surface area contributed by atoms with Crippen molar-refractivity contribution in [3.63, 3.8) is 0 Å². The molecule has 4 nitrogen and oxygen atoms in total. The van der Waals surface area contributed by atoms with E-state index in [2.05, 4.69) is 81.6 Å². The Morgan fingerprint density at radius 3 is 2.12 bits per heavy atom. The number of carbonyl (C=O) groups is 1. The number of thiophene rings is 2. The third-order valence-corrected chi connectivity index (χ3v) is 12.8. The Morgan fingerprint density at radius 2 is 1.49 bits per heavy atom. The van der Waals surface area contributed by atoms with E-state index in [1.165, 1.54) is 42.8 Å². The number of fused-ring (bicyclic) bond motifs is 5. The van der Waals surface area contributed by atoms with Crippen LogP contribution in [-0.4, -0.2) is 20.9 Å². The van der Waals surface area contributed by atoms with E-state index >= 15 is 0 Å². The fraction of sp³-hybridized carbons (Fsp3) is 0.405. The van der Waals surface area contributed by atoms with Crippen LogP contribution in [0.4, 0.5) is 0 Å². The van der Waals surface area contributed by atoms with E-state index in [9.17, 15) is 9.90 Å². The minimum absolute atomic E-state index is 0. The Hall–Kier alpha value is -2.96. The van der Waals surface area contributed by atoms with Crippen molar-refractivity contribution in [1.82, 2.24) is 9.97 Å². The predicted octanol–water partition coefficient (Wildman–Crippen LogP) is 12.9. The van der Waals surface area contributed by atoms with E-state index in [0.29, 0.717) is 0 Å². The number of rotatable bonds is 8. The van der Waals surface area contributed by atoms with Crippen molar-refractivity contribution in [3.8, 4) is 11.3 Å². The van der Waals surface area contributed by atoms with Gasteiger partial charge in [0.25, 0.3) is 0 Å². The van der Waals surface area contributed by atoms with Gasteiger partial charge in [0.05, 0.1) is 5.52 Å². The molecule has 7 heteroatoms. The molecule has 0 amide bonds. The summed E-state index contributed by atoms with van der Waals surface area (Å²) in [5.74, 6) is 0.286. The maximum atomic E-state index is 12.2. The second-order valence-electron chi connectivity index (χ2n) is 14.6. The molecule has 6 aromatic rings. The van der Waals surface area contributed by atoms with Crippen LogP contribution in [0.2, 0.25) is 0 Å². The SMILES string of the molecule is CCC(C)(CC)C(=O)/C=C(\O)C(C)(CC)CC.Cc1csc2cc3c(cc12)sc1c(-c2[c-]c4ccccc4c(C(C)(C)C)c2)ncnc13.[Ir]. The van der Waals surface area contributed by atoms with Crippen LogP contribution < -0.4 is 0 Å². The largest absolute Gasteiger partial charge is 0.512 e. The summed E-state index contributed by atoms with van der Waals surface area (Å²) in [6.45, 7) is 21.1. The molecule has 0 atom stereocenters. The smallest absolute Gasteiger partial charge is 0.164 e. The fourth-order valence-electron chi connectivity index (χ4n) is 6.08. The van der Waals surface area contributed by atoms with Gasteiger partial charge in [0.1, 0.15) is 12.1 Å². The number of hydrogen-bond acceptors (Lipinski definition) is 6. The summed E-state index contributed by atoms with van der Waals surface area (Å²) in [6.07, 6.45) is 6.46. The van der Waals surface area contributed by atoms with Gasteiger partial charge in [-0.2, -0.15) is 0 Å². The summed E-state index contributed by atoms with van der Waals surface area (Å²) >= 11 is 3.59. The van der Waals surface area contributed by atoms with Crippen LogP contribution in [0.25, 0.3) is 52.4 Å². The molecule has 6 rings (SSSR count). The normalized spacial score (nSPS) is 12.7. The Balaban J connectivity index is 0.000000260. The van der Waals surface area contributed by atoms with Crippen LogP contribution in [0.3, 0.4) is 0 Å². The van der Waals surface area contributed by atoms with Gasteiger partial charge in [-0.1, -0.05) is 91.5 Å². The second-order valence-corrected chi connectivity index (χ2v) is 16.6. The zero-order valence-corrected chi connectivity index (χ0v) is 34.5. The van der Waals surface area contributed by atoms with Gasteiger partial charge in [0, 0.05) is 62.2 Å². The van der Waals surface area contributed by atoms with Crippen molar-refractivity contribution in [3.05, 3.63) is 83.2 Å². The number of nitrogens with zero attached hydrogens (tertiary/aromatic N) is 2. The molecule has 0 saturated heterocycles. The van der Waals surface area contributed by atoms with Gasteiger partial charge in [0.15, 0.2) is 5.78 Å². The van der Waals surface area contributed by atoms with Gasteiger partial charge in [-0.05, 0) is 66.5 Å². The average molecular weight is 870 g/mol. The molecule has 0 bridgehead atoms. The molecule has 0 aliphatic carbocycles. The van der Waals surface area contributed by atoms with E-state index in [-0.39, 0.29) is 47.9 Å². The van der Waals surface area contributed by atoms with E-state index in [1.807, 2.05) is 41.5 Å². The van der Waals surface area contributed by atoms with Crippen LogP contribution in [0.15, 0.2) is 66.0 Å². The van der Waals surface area contributed by atoms with Gasteiger partial charge in [0.2, 0.25) is 0 Å². The molecule has 3 aromatic carbocycles. The molecular formula is C42H49IrN2O2S2-. The first-order valence-corrected chi connectivity index (χ1v) is 18.9. The molecule has 0 fully saturated rings. The molecule has 1 N–H and O–H groups in total. The summed E-state index contributed by atoms with van der Waals surface area (Å²) in [5.41, 5.74) is 5.13. The van der Waals surface area contributed by atoms with Crippen LogP contribution >= 0.6 is 22.7 Å². The average Bonchev–Trinajstić information content (AvgIpc) is 3.64. The number of aliphatic hydroxyl groups excluding tert-OH is 1. The van der Waals surface area contributed by atoms with Crippen molar-refractivity contribution in [1.29, 1.82) is 0 Å². The van der Waals surface area contributed by atoms with Crippen molar-refractivity contribution in [2.75, 3.05) is 0 Å². The molecule has 1 radical (unpaired) electrons. The van der Waals surface area contributed by atoms with Gasteiger partial charge >= 0.3 is 0 Å². The quantitative estimate of drug-likeness (QED) is 0.0940. The minimum Gasteiger partial charge on any atom is -0.512 e. The molecule has 261 valence electrons. The van der Waals surface area contributed by atoms with Crippen LogP contribution in [-0.2, 0) is 30.3 Å². The maximum absolute atomic E-state index is 12.2. The van der Waals surface area contributed by atoms with Gasteiger partial charge in [-0.25, -0.2) is 4.98 Å². The molecule has 3 heterocycles. The van der Waals surface area contributed by atoms with Gasteiger partial charge in [-0.3, -0.25) is 9.78 Å². The molecule has 0 aliphatic rings. The summed E-state index contributed by atoms with van der Waals surface area (Å²) in [4.78, 5) is 21.6. The number of carbonyl (C=O) groups excluding carboxylic acids is 1. The number of hydrogen-bond donors (Lipinski definition) is 1. The van der Waals surface area contributed by atoms with E-state index in [0.717, 1.165) is 52.5 Å². The van der Waals surface area contributed by atoms with E-state index in [1.54, 1.807) is 29.0 Å². The number of ketones is 1. The number of benzene rings is 3. The molecule has 0 aliphatic heterocycles. The van der Waals surface area contributed by atoms with Gasteiger partial charge < -0.3 is 5.11 Å². The van der Waals surface area contributed by atoms with Crippen LogP contribution in [0.1, 0.15) is 99.1 Å². The Labute approximate surface area is 313 Å². The maximum Gasteiger partial charge on any atom is 0.164 e. The third kappa shape index (κ3) is 7.56. The number of aliphatic hydroxyl groups is 1. The van der Waals surface area contributed by atoms with Gasteiger partial charge in [-0.15, -0.1) is 51.8 Å². The molecular weight excluding hydrogens is 821 g/mol. The first-order valence-electron chi connectivity index (χ1n) is 17.2. The van der Waals surface area contributed by atoms with Crippen LogP contribution in [0.5, 0.6) is 0 Å². The van der Waals surface area contributed by atoms with E-state index in [4.69, 9.17) is 9.97 Å². The summed E-state index contributed by atoms with van der Waals surface area (Å²) in [5, 5.41) is 17.3. The summed E-state index contributed by atoms with van der Waals surface area (Å²) in [6, 6.07) is 19.1.